The summed E-state index contributed by atoms with van der Waals surface area (Å²) >= 11 is 0. The smallest absolute Gasteiger partial charge is 0.160 e. The molecule has 0 aliphatic heterocycles. The maximum Gasteiger partial charge on any atom is 0.160 e. The molecule has 0 fully saturated rings. The van der Waals surface area contributed by atoms with Gasteiger partial charge in [0, 0.05) is 44.0 Å². The summed E-state index contributed by atoms with van der Waals surface area (Å²) < 4.78 is 0. The van der Waals surface area contributed by atoms with Crippen molar-refractivity contribution in [3.05, 3.63) is 224 Å². The lowest BCUT2D eigenvalue weighted by Gasteiger charge is -2.16. The van der Waals surface area contributed by atoms with Crippen molar-refractivity contribution in [2.75, 3.05) is 0 Å². The Labute approximate surface area is 359 Å². The van der Waals surface area contributed by atoms with Crippen molar-refractivity contribution in [2.45, 2.75) is 0 Å². The molecule has 0 unspecified atom stereocenters. The molecule has 0 atom stereocenters. The van der Waals surface area contributed by atoms with Crippen LogP contribution in [0.3, 0.4) is 0 Å². The first-order valence-corrected chi connectivity index (χ1v) is 21.1. The minimum absolute atomic E-state index is 0.674. The Balaban J connectivity index is 1.02. The molecule has 0 aliphatic carbocycles. The van der Waals surface area contributed by atoms with E-state index in [9.17, 15) is 0 Å². The van der Waals surface area contributed by atoms with Crippen molar-refractivity contribution >= 4 is 54.0 Å². The summed E-state index contributed by atoms with van der Waals surface area (Å²) in [6.45, 7) is 0. The van der Waals surface area contributed by atoms with Gasteiger partial charge in [0.1, 0.15) is 0 Å². The van der Waals surface area contributed by atoms with Gasteiger partial charge in [-0.1, -0.05) is 200 Å². The molecule has 0 N–H and O–H groups in total. The molecule has 0 saturated carbocycles. The molecule has 0 spiro atoms. The molecule has 12 rings (SSSR count). The standard InChI is InChI=1S/C59H37N3/c1-2-12-38(13-3-1)46-19-10-20-47(34-46)51-22-11-23-52-56-50-21-9-8-16-41(50)32-33-53(56)57(62-58(51)52)42-26-28-43(29-27-42)59-60-54(48-30-24-39-14-4-6-17-44(39)35-48)37-55(61-59)49-31-25-40-15-5-7-18-45(40)36-49/h1-37H. The van der Waals surface area contributed by atoms with E-state index in [0.717, 1.165) is 66.8 Å². The number of hydrogen-bond acceptors (Lipinski definition) is 3. The average molecular weight is 788 g/mol. The van der Waals surface area contributed by atoms with E-state index in [1.807, 2.05) is 0 Å². The van der Waals surface area contributed by atoms with Crippen molar-refractivity contribution in [1.29, 1.82) is 0 Å². The molecule has 288 valence electrons. The van der Waals surface area contributed by atoms with Crippen LogP contribution in [0.4, 0.5) is 0 Å². The fourth-order valence-corrected chi connectivity index (χ4v) is 9.09. The van der Waals surface area contributed by atoms with E-state index in [2.05, 4.69) is 224 Å². The van der Waals surface area contributed by atoms with E-state index < -0.39 is 0 Å². The molecule has 3 heteroatoms. The molecule has 3 nitrogen and oxygen atoms in total. The lowest BCUT2D eigenvalue weighted by atomic mass is 9.92. The molecule has 0 saturated heterocycles. The van der Waals surface area contributed by atoms with Gasteiger partial charge >= 0.3 is 0 Å². The summed E-state index contributed by atoms with van der Waals surface area (Å²) in [5.74, 6) is 0.674. The van der Waals surface area contributed by atoms with Gasteiger partial charge in [-0.05, 0) is 73.3 Å². The van der Waals surface area contributed by atoms with Crippen LogP contribution < -0.4 is 0 Å². The zero-order chi connectivity index (χ0) is 41.0. The van der Waals surface area contributed by atoms with E-state index in [4.69, 9.17) is 15.0 Å². The predicted octanol–water partition coefficient (Wildman–Crippen LogP) is 15.6. The third-order valence-corrected chi connectivity index (χ3v) is 12.2. The predicted molar refractivity (Wildman–Crippen MR) is 260 cm³/mol. The number of para-hydroxylation sites is 1. The number of benzene rings is 10. The van der Waals surface area contributed by atoms with Crippen LogP contribution in [0.25, 0.3) is 121 Å². The summed E-state index contributed by atoms with van der Waals surface area (Å²) in [6.07, 6.45) is 0. The van der Waals surface area contributed by atoms with Gasteiger partial charge in [0.2, 0.25) is 0 Å². The highest BCUT2D eigenvalue weighted by Crippen LogP contribution is 2.41. The van der Waals surface area contributed by atoms with Crippen LogP contribution in [-0.4, -0.2) is 15.0 Å². The van der Waals surface area contributed by atoms with Crippen LogP contribution in [0.1, 0.15) is 0 Å². The average Bonchev–Trinajstić information content (AvgIpc) is 3.35. The topological polar surface area (TPSA) is 38.7 Å². The summed E-state index contributed by atoms with van der Waals surface area (Å²) in [5.41, 5.74) is 12.4. The van der Waals surface area contributed by atoms with Gasteiger partial charge in [0.15, 0.2) is 5.82 Å². The molecule has 0 radical (unpaired) electrons. The van der Waals surface area contributed by atoms with Crippen molar-refractivity contribution < 1.29 is 0 Å². The summed E-state index contributed by atoms with van der Waals surface area (Å²) in [4.78, 5) is 16.1. The third kappa shape index (κ3) is 6.27. The number of nitrogens with zero attached hydrogens (tertiary/aromatic N) is 3. The maximum atomic E-state index is 5.59. The Morgan fingerprint density at radius 1 is 0.258 bits per heavy atom. The van der Waals surface area contributed by atoms with Crippen molar-refractivity contribution in [3.63, 3.8) is 0 Å². The van der Waals surface area contributed by atoms with E-state index in [1.165, 1.54) is 48.8 Å². The molecule has 10 aromatic carbocycles. The highest BCUT2D eigenvalue weighted by Gasteiger charge is 2.18. The summed E-state index contributed by atoms with van der Waals surface area (Å²) in [7, 11) is 0. The van der Waals surface area contributed by atoms with Gasteiger partial charge in [-0.3, -0.25) is 0 Å². The Hall–Kier alpha value is -8.27. The Morgan fingerprint density at radius 2 is 0.790 bits per heavy atom. The number of aromatic nitrogens is 3. The highest BCUT2D eigenvalue weighted by molar-refractivity contribution is 6.24. The second-order valence-electron chi connectivity index (χ2n) is 16.0. The molecule has 0 bridgehead atoms. The van der Waals surface area contributed by atoms with Gasteiger partial charge < -0.3 is 0 Å². The first kappa shape index (κ1) is 35.7. The minimum atomic E-state index is 0.674. The molecule has 12 aromatic rings. The zero-order valence-electron chi connectivity index (χ0n) is 33.7. The molecular formula is C59H37N3. The summed E-state index contributed by atoms with van der Waals surface area (Å²) in [5, 5.41) is 10.6. The number of fused-ring (bicyclic) bond motifs is 7. The second kappa shape index (κ2) is 14.8. The Morgan fingerprint density at radius 3 is 1.50 bits per heavy atom. The molecule has 62 heavy (non-hydrogen) atoms. The fourth-order valence-electron chi connectivity index (χ4n) is 9.09. The molecule has 2 aromatic heterocycles. The lowest BCUT2D eigenvalue weighted by Crippen LogP contribution is -1.97. The third-order valence-electron chi connectivity index (χ3n) is 12.2. The Bertz CT molecular complexity index is 3590. The van der Waals surface area contributed by atoms with Gasteiger partial charge in [0.25, 0.3) is 0 Å². The van der Waals surface area contributed by atoms with E-state index >= 15 is 0 Å². The molecule has 0 aliphatic rings. The van der Waals surface area contributed by atoms with Gasteiger partial charge in [-0.25, -0.2) is 15.0 Å². The van der Waals surface area contributed by atoms with Gasteiger partial charge in [-0.15, -0.1) is 0 Å². The van der Waals surface area contributed by atoms with E-state index in [1.54, 1.807) is 0 Å². The number of hydrogen-bond donors (Lipinski definition) is 0. The first-order valence-electron chi connectivity index (χ1n) is 21.1. The van der Waals surface area contributed by atoms with E-state index in [-0.39, 0.29) is 0 Å². The quantitative estimate of drug-likeness (QED) is 0.158. The normalized spacial score (nSPS) is 11.5. The largest absolute Gasteiger partial charge is 0.246 e. The maximum absolute atomic E-state index is 5.59. The number of rotatable bonds is 6. The van der Waals surface area contributed by atoms with Crippen LogP contribution >= 0.6 is 0 Å². The SMILES string of the molecule is c1ccc(-c2cccc(-c3cccc4c3nc(-c3ccc(-c5nc(-c6ccc7ccccc7c6)cc(-c6ccc7ccccc7c6)n5)cc3)c3ccc5ccccc5c34)c2)cc1. The molecule has 0 amide bonds. The van der Waals surface area contributed by atoms with Gasteiger partial charge in [0.05, 0.1) is 22.6 Å². The summed E-state index contributed by atoms with van der Waals surface area (Å²) in [6, 6.07) is 79.9. The number of pyridine rings is 1. The highest BCUT2D eigenvalue weighted by atomic mass is 14.9. The zero-order valence-corrected chi connectivity index (χ0v) is 33.7. The van der Waals surface area contributed by atoms with Crippen LogP contribution in [0.5, 0.6) is 0 Å². The molecular weight excluding hydrogens is 751 g/mol. The van der Waals surface area contributed by atoms with Crippen LogP contribution in [0, 0.1) is 0 Å². The fraction of sp³-hybridized carbons (Fsp3) is 0. The van der Waals surface area contributed by atoms with Gasteiger partial charge in [-0.2, -0.15) is 0 Å². The minimum Gasteiger partial charge on any atom is -0.246 e. The van der Waals surface area contributed by atoms with Crippen molar-refractivity contribution in [3.8, 4) is 67.4 Å². The Kier molecular flexibility index (Phi) is 8.50. The van der Waals surface area contributed by atoms with Crippen LogP contribution in [0.2, 0.25) is 0 Å². The second-order valence-corrected chi connectivity index (χ2v) is 16.0. The van der Waals surface area contributed by atoms with Crippen molar-refractivity contribution in [1.82, 2.24) is 15.0 Å². The lowest BCUT2D eigenvalue weighted by molar-refractivity contribution is 1.18. The first-order chi connectivity index (χ1) is 30.7. The molecule has 2 heterocycles. The van der Waals surface area contributed by atoms with Crippen LogP contribution in [0.15, 0.2) is 224 Å². The van der Waals surface area contributed by atoms with Crippen molar-refractivity contribution in [2.24, 2.45) is 0 Å². The monoisotopic (exact) mass is 787 g/mol. The van der Waals surface area contributed by atoms with Crippen LogP contribution in [-0.2, 0) is 0 Å². The van der Waals surface area contributed by atoms with E-state index in [0.29, 0.717) is 5.82 Å².